The Hall–Kier alpha value is -0.550. The van der Waals surface area contributed by atoms with Crippen LogP contribution in [0.5, 0.6) is 0 Å². The average Bonchev–Trinajstić information content (AvgIpc) is 3.06. The van der Waals surface area contributed by atoms with Crippen LogP contribution < -0.4 is 5.73 Å². The van der Waals surface area contributed by atoms with E-state index >= 15 is 0 Å². The average molecular weight is 292 g/mol. The Morgan fingerprint density at radius 3 is 2.95 bits per heavy atom. The highest BCUT2D eigenvalue weighted by Gasteiger charge is 2.22. The van der Waals surface area contributed by atoms with E-state index in [-0.39, 0.29) is 0 Å². The molecule has 1 aliphatic rings. The molecule has 3 rings (SSSR count). The van der Waals surface area contributed by atoms with E-state index in [4.69, 9.17) is 5.73 Å². The molecule has 4 heteroatoms. The van der Waals surface area contributed by atoms with Gasteiger partial charge in [-0.15, -0.1) is 11.3 Å². The van der Waals surface area contributed by atoms with Crippen molar-refractivity contribution >= 4 is 33.2 Å². The molecule has 1 atom stereocenters. The van der Waals surface area contributed by atoms with E-state index in [1.54, 1.807) is 0 Å². The van der Waals surface area contributed by atoms with Gasteiger partial charge in [-0.3, -0.25) is 4.90 Å². The summed E-state index contributed by atoms with van der Waals surface area (Å²) >= 11 is 3.92. The van der Waals surface area contributed by atoms with Gasteiger partial charge in [-0.1, -0.05) is 18.2 Å². The van der Waals surface area contributed by atoms with Gasteiger partial charge in [0, 0.05) is 34.5 Å². The Labute approximate surface area is 123 Å². The third kappa shape index (κ3) is 2.68. The summed E-state index contributed by atoms with van der Waals surface area (Å²) < 4.78 is 1.37. The van der Waals surface area contributed by atoms with Crippen LogP contribution in [-0.2, 0) is 13.1 Å². The first-order valence-corrected chi connectivity index (χ1v) is 8.74. The molecule has 2 nitrogen and oxygen atoms in total. The maximum Gasteiger partial charge on any atom is 0.0349 e. The Morgan fingerprint density at radius 1 is 1.37 bits per heavy atom. The van der Waals surface area contributed by atoms with Crippen LogP contribution in [0.2, 0.25) is 0 Å². The van der Waals surface area contributed by atoms with Crippen LogP contribution >= 0.6 is 23.1 Å². The second-order valence-corrected chi connectivity index (χ2v) is 7.42. The lowest BCUT2D eigenvalue weighted by molar-refractivity contribution is 0.255. The van der Waals surface area contributed by atoms with Crippen molar-refractivity contribution in [3.63, 3.8) is 0 Å². The normalized spacial score (nSPS) is 19.6. The van der Waals surface area contributed by atoms with E-state index in [1.807, 2.05) is 11.3 Å². The molecule has 1 unspecified atom stereocenters. The van der Waals surface area contributed by atoms with E-state index < -0.39 is 0 Å². The van der Waals surface area contributed by atoms with Gasteiger partial charge in [-0.25, -0.2) is 0 Å². The molecule has 1 aromatic carbocycles. The standard InChI is InChI=1S/C15H20N2S2/c1-17(11-6-7-18-10-11)9-13-12-4-2-3-5-14(12)19-15(13)8-16/h2-5,11H,6-10,16H2,1H3. The lowest BCUT2D eigenvalue weighted by Crippen LogP contribution is -2.31. The summed E-state index contributed by atoms with van der Waals surface area (Å²) in [7, 11) is 2.25. The first-order chi connectivity index (χ1) is 9.29. The Bertz CT molecular complexity index is 558. The van der Waals surface area contributed by atoms with E-state index in [0.29, 0.717) is 6.54 Å². The number of hydrogen-bond donors (Lipinski definition) is 1. The largest absolute Gasteiger partial charge is 0.326 e. The van der Waals surface area contributed by atoms with Crippen molar-refractivity contribution in [1.29, 1.82) is 0 Å². The molecule has 2 heterocycles. The van der Waals surface area contributed by atoms with Gasteiger partial charge >= 0.3 is 0 Å². The molecule has 0 amide bonds. The minimum absolute atomic E-state index is 0.655. The number of hydrogen-bond acceptors (Lipinski definition) is 4. The first kappa shape index (κ1) is 13.4. The number of fused-ring (bicyclic) bond motifs is 1. The van der Waals surface area contributed by atoms with Crippen LogP contribution in [0.25, 0.3) is 10.1 Å². The highest BCUT2D eigenvalue weighted by atomic mass is 32.2. The Morgan fingerprint density at radius 2 is 2.21 bits per heavy atom. The van der Waals surface area contributed by atoms with Crippen molar-refractivity contribution in [3.8, 4) is 0 Å². The summed E-state index contributed by atoms with van der Waals surface area (Å²) in [6.45, 7) is 1.68. The number of benzene rings is 1. The molecule has 2 aromatic rings. The number of nitrogens with two attached hydrogens (primary N) is 1. The maximum absolute atomic E-state index is 5.93. The number of thiophene rings is 1. The van der Waals surface area contributed by atoms with Gasteiger partial charge in [0.05, 0.1) is 0 Å². The van der Waals surface area contributed by atoms with Gasteiger partial charge in [0.25, 0.3) is 0 Å². The monoisotopic (exact) mass is 292 g/mol. The summed E-state index contributed by atoms with van der Waals surface area (Å²) in [5.41, 5.74) is 7.38. The van der Waals surface area contributed by atoms with Crippen LogP contribution in [-0.4, -0.2) is 29.5 Å². The first-order valence-electron chi connectivity index (χ1n) is 6.77. The summed E-state index contributed by atoms with van der Waals surface area (Å²) in [6, 6.07) is 9.41. The van der Waals surface area contributed by atoms with Crippen LogP contribution in [0.4, 0.5) is 0 Å². The molecular weight excluding hydrogens is 272 g/mol. The van der Waals surface area contributed by atoms with E-state index in [0.717, 1.165) is 12.6 Å². The summed E-state index contributed by atoms with van der Waals surface area (Å²) in [6.07, 6.45) is 1.32. The molecule has 1 aromatic heterocycles. The molecule has 0 saturated carbocycles. The molecule has 0 spiro atoms. The van der Waals surface area contributed by atoms with Crippen molar-refractivity contribution in [2.75, 3.05) is 18.6 Å². The van der Waals surface area contributed by atoms with Crippen molar-refractivity contribution in [1.82, 2.24) is 4.90 Å². The molecule has 0 radical (unpaired) electrons. The topological polar surface area (TPSA) is 29.3 Å². The van der Waals surface area contributed by atoms with E-state index in [9.17, 15) is 0 Å². The van der Waals surface area contributed by atoms with Crippen molar-refractivity contribution in [2.24, 2.45) is 5.73 Å². The summed E-state index contributed by atoms with van der Waals surface area (Å²) in [5.74, 6) is 2.58. The highest BCUT2D eigenvalue weighted by Crippen LogP contribution is 2.33. The van der Waals surface area contributed by atoms with Gasteiger partial charge in [-0.05, 0) is 36.2 Å². The van der Waals surface area contributed by atoms with Crippen LogP contribution in [0.3, 0.4) is 0 Å². The number of thioether (sulfide) groups is 1. The van der Waals surface area contributed by atoms with Crippen molar-refractivity contribution in [3.05, 3.63) is 34.7 Å². The minimum Gasteiger partial charge on any atom is -0.326 e. The van der Waals surface area contributed by atoms with Crippen LogP contribution in [0, 0.1) is 0 Å². The number of nitrogens with zero attached hydrogens (tertiary/aromatic N) is 1. The van der Waals surface area contributed by atoms with Gasteiger partial charge in [0.2, 0.25) is 0 Å². The van der Waals surface area contributed by atoms with Gasteiger partial charge in [-0.2, -0.15) is 11.8 Å². The van der Waals surface area contributed by atoms with Crippen molar-refractivity contribution < 1.29 is 0 Å². The zero-order valence-electron chi connectivity index (χ0n) is 11.3. The quantitative estimate of drug-likeness (QED) is 0.937. The molecule has 19 heavy (non-hydrogen) atoms. The lowest BCUT2D eigenvalue weighted by atomic mass is 10.1. The predicted octanol–water partition coefficient (Wildman–Crippen LogP) is 3.30. The zero-order valence-corrected chi connectivity index (χ0v) is 12.9. The summed E-state index contributed by atoms with van der Waals surface area (Å²) in [4.78, 5) is 3.85. The highest BCUT2D eigenvalue weighted by molar-refractivity contribution is 7.99. The molecule has 2 N–H and O–H groups in total. The third-order valence-electron chi connectivity index (χ3n) is 3.90. The fraction of sp³-hybridized carbons (Fsp3) is 0.467. The Balaban J connectivity index is 1.90. The molecule has 1 saturated heterocycles. The predicted molar refractivity (Wildman–Crippen MR) is 86.9 cm³/mol. The second-order valence-electron chi connectivity index (χ2n) is 5.14. The maximum atomic E-state index is 5.93. The molecule has 1 aliphatic heterocycles. The Kier molecular flexibility index (Phi) is 4.12. The molecule has 102 valence electrons. The van der Waals surface area contributed by atoms with Crippen LogP contribution in [0.1, 0.15) is 16.9 Å². The van der Waals surface area contributed by atoms with E-state index in [2.05, 4.69) is 48.0 Å². The van der Waals surface area contributed by atoms with Gasteiger partial charge in [0.15, 0.2) is 0 Å². The SMILES string of the molecule is CN(Cc1c(CN)sc2ccccc12)C1CCSC1. The van der Waals surface area contributed by atoms with Crippen molar-refractivity contribution in [2.45, 2.75) is 25.6 Å². The summed E-state index contributed by atoms with van der Waals surface area (Å²) in [5, 5.41) is 1.39. The smallest absolute Gasteiger partial charge is 0.0349 e. The van der Waals surface area contributed by atoms with Gasteiger partial charge in [0.1, 0.15) is 0 Å². The molecule has 0 aliphatic carbocycles. The zero-order chi connectivity index (χ0) is 13.2. The minimum atomic E-state index is 0.655. The number of rotatable bonds is 4. The van der Waals surface area contributed by atoms with Crippen LogP contribution in [0.15, 0.2) is 24.3 Å². The second kappa shape index (κ2) is 5.83. The lowest BCUT2D eigenvalue weighted by Gasteiger charge is -2.23. The third-order valence-corrected chi connectivity index (χ3v) is 6.28. The fourth-order valence-electron chi connectivity index (χ4n) is 2.74. The molecule has 0 bridgehead atoms. The molecule has 1 fully saturated rings. The fourth-order valence-corrected chi connectivity index (χ4v) is 5.13. The van der Waals surface area contributed by atoms with Gasteiger partial charge < -0.3 is 5.73 Å². The molecular formula is C15H20N2S2. The van der Waals surface area contributed by atoms with E-state index in [1.165, 1.54) is 38.5 Å².